The van der Waals surface area contributed by atoms with Gasteiger partial charge in [-0.2, -0.15) is 0 Å². The zero-order valence-corrected chi connectivity index (χ0v) is 9.68. The van der Waals surface area contributed by atoms with Crippen LogP contribution in [0.4, 0.5) is 0 Å². The third kappa shape index (κ3) is 2.62. The van der Waals surface area contributed by atoms with E-state index in [1.54, 1.807) is 18.3 Å². The minimum absolute atomic E-state index is 0.0581. The predicted molar refractivity (Wildman–Crippen MR) is 64.3 cm³/mol. The summed E-state index contributed by atoms with van der Waals surface area (Å²) in [6.07, 6.45) is 1.82. The predicted octanol–water partition coefficient (Wildman–Crippen LogP) is 0.904. The molecule has 0 spiro atoms. The number of benzene rings is 1. The van der Waals surface area contributed by atoms with Crippen molar-refractivity contribution < 1.29 is 9.90 Å². The molecule has 1 heterocycles. The number of aliphatic hydroxyl groups excluding tert-OH is 1. The van der Waals surface area contributed by atoms with Gasteiger partial charge in [-0.05, 0) is 17.7 Å². The summed E-state index contributed by atoms with van der Waals surface area (Å²) in [5.74, 6) is -0.0581. The van der Waals surface area contributed by atoms with E-state index in [9.17, 15) is 4.79 Å². The van der Waals surface area contributed by atoms with Gasteiger partial charge < -0.3 is 15.0 Å². The molecule has 0 saturated carbocycles. The van der Waals surface area contributed by atoms with Crippen LogP contribution < -0.4 is 0 Å². The highest BCUT2D eigenvalue weighted by Gasteiger charge is 2.08. The van der Waals surface area contributed by atoms with Crippen LogP contribution in [-0.4, -0.2) is 39.5 Å². The van der Waals surface area contributed by atoms with Gasteiger partial charge in [0.1, 0.15) is 0 Å². The van der Waals surface area contributed by atoms with Crippen molar-refractivity contribution in [3.63, 3.8) is 0 Å². The fraction of sp³-hybridized carbons (Fsp3) is 0.333. The van der Waals surface area contributed by atoms with Crippen molar-refractivity contribution in [3.8, 4) is 0 Å². The number of H-pyrrole nitrogens is 1. The van der Waals surface area contributed by atoms with Gasteiger partial charge in [0, 0.05) is 20.0 Å². The maximum absolute atomic E-state index is 11.5. The molecule has 1 aromatic heterocycles. The molecule has 1 amide bonds. The van der Waals surface area contributed by atoms with Crippen LogP contribution in [0.15, 0.2) is 24.5 Å². The highest BCUT2D eigenvalue weighted by atomic mass is 16.3. The van der Waals surface area contributed by atoms with Crippen molar-refractivity contribution >= 4 is 16.9 Å². The van der Waals surface area contributed by atoms with E-state index in [4.69, 9.17) is 5.11 Å². The minimum atomic E-state index is -0.108. The number of carbonyl (C=O) groups excluding carboxylic acids is 1. The third-order valence-electron chi connectivity index (χ3n) is 2.66. The minimum Gasteiger partial charge on any atom is -0.396 e. The molecule has 0 aliphatic rings. The van der Waals surface area contributed by atoms with Crippen LogP contribution in [0.3, 0.4) is 0 Å². The molecule has 0 aliphatic carbocycles. The first kappa shape index (κ1) is 11.6. The lowest BCUT2D eigenvalue weighted by Crippen LogP contribution is -2.26. The molecule has 2 aromatic rings. The fourth-order valence-electron chi connectivity index (χ4n) is 1.73. The van der Waals surface area contributed by atoms with Crippen LogP contribution in [-0.2, 0) is 11.3 Å². The van der Waals surface area contributed by atoms with Crippen molar-refractivity contribution in [2.24, 2.45) is 0 Å². The molecule has 17 heavy (non-hydrogen) atoms. The maximum atomic E-state index is 11.5. The lowest BCUT2D eigenvalue weighted by atomic mass is 10.2. The van der Waals surface area contributed by atoms with Crippen LogP contribution in [0.1, 0.15) is 12.0 Å². The first-order valence-electron chi connectivity index (χ1n) is 5.47. The molecule has 0 bridgehead atoms. The SMILES string of the molecule is CN(Cc1ccc2nc[nH]c2c1)C(=O)CCO. The molecular weight excluding hydrogens is 218 g/mol. The number of rotatable bonds is 4. The van der Waals surface area contributed by atoms with E-state index < -0.39 is 0 Å². The molecule has 90 valence electrons. The number of nitrogens with zero attached hydrogens (tertiary/aromatic N) is 2. The molecule has 0 fully saturated rings. The van der Waals surface area contributed by atoms with Gasteiger partial charge in [0.2, 0.25) is 5.91 Å². The van der Waals surface area contributed by atoms with Crippen molar-refractivity contribution in [2.75, 3.05) is 13.7 Å². The topological polar surface area (TPSA) is 69.2 Å². The Morgan fingerprint density at radius 2 is 2.35 bits per heavy atom. The number of nitrogens with one attached hydrogen (secondary N) is 1. The molecule has 2 N–H and O–H groups in total. The van der Waals surface area contributed by atoms with E-state index in [-0.39, 0.29) is 18.9 Å². The van der Waals surface area contributed by atoms with E-state index in [1.807, 2.05) is 18.2 Å². The van der Waals surface area contributed by atoms with Gasteiger partial charge in [0.05, 0.1) is 24.0 Å². The van der Waals surface area contributed by atoms with E-state index in [0.29, 0.717) is 6.54 Å². The summed E-state index contributed by atoms with van der Waals surface area (Å²) < 4.78 is 0. The number of aromatic amines is 1. The number of amides is 1. The summed E-state index contributed by atoms with van der Waals surface area (Å²) in [7, 11) is 1.73. The average molecular weight is 233 g/mol. The first-order valence-corrected chi connectivity index (χ1v) is 5.47. The Balaban J connectivity index is 2.09. The monoisotopic (exact) mass is 233 g/mol. The molecule has 0 radical (unpaired) electrons. The molecular formula is C12H15N3O2. The normalized spacial score (nSPS) is 10.7. The first-order chi connectivity index (χ1) is 8.20. The number of aliphatic hydroxyl groups is 1. The largest absolute Gasteiger partial charge is 0.396 e. The Bertz CT molecular complexity index is 521. The van der Waals surface area contributed by atoms with Gasteiger partial charge >= 0.3 is 0 Å². The van der Waals surface area contributed by atoms with Crippen molar-refractivity contribution in [1.82, 2.24) is 14.9 Å². The lowest BCUT2D eigenvalue weighted by molar-refractivity contribution is -0.131. The van der Waals surface area contributed by atoms with Crippen molar-refractivity contribution in [2.45, 2.75) is 13.0 Å². The van der Waals surface area contributed by atoms with Gasteiger partial charge in [0.15, 0.2) is 0 Å². The van der Waals surface area contributed by atoms with Gasteiger partial charge in [-0.3, -0.25) is 4.79 Å². The lowest BCUT2D eigenvalue weighted by Gasteiger charge is -2.16. The van der Waals surface area contributed by atoms with Crippen molar-refractivity contribution in [3.05, 3.63) is 30.1 Å². The second-order valence-corrected chi connectivity index (χ2v) is 3.98. The molecule has 0 saturated heterocycles. The van der Waals surface area contributed by atoms with E-state index in [2.05, 4.69) is 9.97 Å². The zero-order valence-electron chi connectivity index (χ0n) is 9.68. The Labute approximate surface area is 99.1 Å². The number of aromatic nitrogens is 2. The third-order valence-corrected chi connectivity index (χ3v) is 2.66. The van der Waals surface area contributed by atoms with Gasteiger partial charge in [-0.25, -0.2) is 4.98 Å². The van der Waals surface area contributed by atoms with E-state index >= 15 is 0 Å². The van der Waals surface area contributed by atoms with Crippen LogP contribution in [0.2, 0.25) is 0 Å². The number of hydrogen-bond donors (Lipinski definition) is 2. The Hall–Kier alpha value is -1.88. The Morgan fingerprint density at radius 3 is 3.12 bits per heavy atom. The molecule has 5 nitrogen and oxygen atoms in total. The smallest absolute Gasteiger partial charge is 0.224 e. The highest BCUT2D eigenvalue weighted by Crippen LogP contribution is 2.13. The molecule has 2 rings (SSSR count). The second-order valence-electron chi connectivity index (χ2n) is 3.98. The summed E-state index contributed by atoms with van der Waals surface area (Å²) in [5.41, 5.74) is 2.92. The fourth-order valence-corrected chi connectivity index (χ4v) is 1.73. The van der Waals surface area contributed by atoms with Crippen LogP contribution >= 0.6 is 0 Å². The number of hydrogen-bond acceptors (Lipinski definition) is 3. The maximum Gasteiger partial charge on any atom is 0.224 e. The second kappa shape index (κ2) is 4.97. The average Bonchev–Trinajstić information content (AvgIpc) is 2.76. The Kier molecular flexibility index (Phi) is 3.39. The number of imidazole rings is 1. The molecule has 0 unspecified atom stereocenters. The zero-order chi connectivity index (χ0) is 12.3. The quantitative estimate of drug-likeness (QED) is 0.824. The van der Waals surface area contributed by atoms with Crippen LogP contribution in [0.5, 0.6) is 0 Å². The van der Waals surface area contributed by atoms with Crippen LogP contribution in [0, 0.1) is 0 Å². The molecule has 0 atom stereocenters. The standard InChI is InChI=1S/C12H15N3O2/c1-15(12(17)4-5-16)7-9-2-3-10-11(6-9)14-8-13-10/h2-3,6,8,16H,4-5,7H2,1H3,(H,13,14). The summed E-state index contributed by atoms with van der Waals surface area (Å²) >= 11 is 0. The molecule has 0 aliphatic heterocycles. The number of fused-ring (bicyclic) bond motifs is 1. The summed E-state index contributed by atoms with van der Waals surface area (Å²) in [4.78, 5) is 20.3. The molecule has 5 heteroatoms. The number of carbonyl (C=O) groups is 1. The van der Waals surface area contributed by atoms with Gasteiger partial charge in [-0.15, -0.1) is 0 Å². The van der Waals surface area contributed by atoms with Crippen LogP contribution in [0.25, 0.3) is 11.0 Å². The summed E-state index contributed by atoms with van der Waals surface area (Å²) in [5, 5.41) is 8.70. The van der Waals surface area contributed by atoms with E-state index in [0.717, 1.165) is 16.6 Å². The highest BCUT2D eigenvalue weighted by molar-refractivity contribution is 5.77. The summed E-state index contributed by atoms with van der Waals surface area (Å²) in [6.45, 7) is 0.427. The van der Waals surface area contributed by atoms with Gasteiger partial charge in [-0.1, -0.05) is 6.07 Å². The molecule has 1 aromatic carbocycles. The summed E-state index contributed by atoms with van der Waals surface area (Å²) in [6, 6.07) is 5.85. The Morgan fingerprint density at radius 1 is 1.53 bits per heavy atom. The van der Waals surface area contributed by atoms with E-state index in [1.165, 1.54) is 0 Å². The van der Waals surface area contributed by atoms with Crippen molar-refractivity contribution in [1.29, 1.82) is 0 Å². The van der Waals surface area contributed by atoms with Gasteiger partial charge in [0.25, 0.3) is 0 Å².